The molecule has 1 atom stereocenters. The van der Waals surface area contributed by atoms with Crippen LogP contribution in [0, 0.1) is 11.8 Å². The summed E-state index contributed by atoms with van der Waals surface area (Å²) in [6.45, 7) is 11.6. The predicted octanol–water partition coefficient (Wildman–Crippen LogP) is 2.12. The third-order valence-electron chi connectivity index (χ3n) is 4.18. The molecule has 0 aromatic rings. The number of nitrogens with zero attached hydrogens (tertiary/aromatic N) is 1. The Morgan fingerprint density at radius 3 is 2.61 bits per heavy atom. The van der Waals surface area contributed by atoms with Crippen LogP contribution in [-0.2, 0) is 4.74 Å². The van der Waals surface area contributed by atoms with Gasteiger partial charge < -0.3 is 15.0 Å². The maximum Gasteiger partial charge on any atom is 0.0702 e. The van der Waals surface area contributed by atoms with Gasteiger partial charge in [-0.25, -0.2) is 0 Å². The lowest BCUT2D eigenvalue weighted by molar-refractivity contribution is 0.0598. The Kier molecular flexibility index (Phi) is 5.93. The van der Waals surface area contributed by atoms with Gasteiger partial charge in [-0.2, -0.15) is 0 Å². The largest absolute Gasteiger partial charge is 0.377 e. The number of ether oxygens (including phenoxy) is 1. The highest BCUT2D eigenvalue weighted by molar-refractivity contribution is 4.77. The van der Waals surface area contributed by atoms with Crippen molar-refractivity contribution in [3.05, 3.63) is 0 Å². The van der Waals surface area contributed by atoms with Crippen LogP contribution in [0.2, 0.25) is 0 Å². The topological polar surface area (TPSA) is 24.5 Å². The molecule has 106 valence electrons. The summed E-state index contributed by atoms with van der Waals surface area (Å²) in [7, 11) is 0. The Bertz CT molecular complexity index is 219. The molecule has 2 rings (SSSR count). The number of piperidine rings is 1. The van der Waals surface area contributed by atoms with Crippen LogP contribution in [0.25, 0.3) is 0 Å². The van der Waals surface area contributed by atoms with E-state index in [0.29, 0.717) is 6.10 Å². The predicted molar refractivity (Wildman–Crippen MR) is 75.8 cm³/mol. The number of likely N-dealkylation sites (tertiary alicyclic amines) is 1. The molecule has 0 aromatic carbocycles. The smallest absolute Gasteiger partial charge is 0.0702 e. The van der Waals surface area contributed by atoms with Crippen LogP contribution in [0.1, 0.15) is 39.5 Å². The number of hydrogen-bond acceptors (Lipinski definition) is 3. The van der Waals surface area contributed by atoms with Gasteiger partial charge in [-0.15, -0.1) is 0 Å². The number of nitrogens with one attached hydrogen (secondary N) is 1. The Morgan fingerprint density at radius 2 is 2.00 bits per heavy atom. The van der Waals surface area contributed by atoms with Crippen LogP contribution in [-0.4, -0.2) is 50.3 Å². The van der Waals surface area contributed by atoms with E-state index in [1.54, 1.807) is 0 Å². The second kappa shape index (κ2) is 7.46. The van der Waals surface area contributed by atoms with E-state index in [2.05, 4.69) is 24.1 Å². The average Bonchev–Trinajstić information content (AvgIpc) is 2.84. The molecule has 2 heterocycles. The van der Waals surface area contributed by atoms with Crippen LogP contribution in [0.3, 0.4) is 0 Å². The molecule has 2 fully saturated rings. The average molecular weight is 254 g/mol. The van der Waals surface area contributed by atoms with Crippen molar-refractivity contribution in [2.45, 2.75) is 45.6 Å². The molecule has 3 nitrogen and oxygen atoms in total. The molecule has 0 amide bonds. The summed E-state index contributed by atoms with van der Waals surface area (Å²) >= 11 is 0. The number of hydrogen-bond donors (Lipinski definition) is 1. The fraction of sp³-hybridized carbons (Fsp3) is 1.00. The van der Waals surface area contributed by atoms with Crippen molar-refractivity contribution in [2.75, 3.05) is 39.3 Å². The fourth-order valence-electron chi connectivity index (χ4n) is 3.03. The first-order valence-electron chi connectivity index (χ1n) is 7.78. The van der Waals surface area contributed by atoms with Gasteiger partial charge >= 0.3 is 0 Å². The van der Waals surface area contributed by atoms with Crippen LogP contribution >= 0.6 is 0 Å². The molecule has 18 heavy (non-hydrogen) atoms. The monoisotopic (exact) mass is 254 g/mol. The Labute approximate surface area is 112 Å². The van der Waals surface area contributed by atoms with E-state index in [-0.39, 0.29) is 0 Å². The second-order valence-electron chi connectivity index (χ2n) is 6.43. The van der Waals surface area contributed by atoms with Gasteiger partial charge in [0.05, 0.1) is 6.10 Å². The van der Waals surface area contributed by atoms with Gasteiger partial charge in [0.2, 0.25) is 0 Å². The molecular weight excluding hydrogens is 224 g/mol. The first-order valence-corrected chi connectivity index (χ1v) is 7.78. The van der Waals surface area contributed by atoms with Crippen molar-refractivity contribution in [1.82, 2.24) is 10.2 Å². The maximum absolute atomic E-state index is 5.72. The quantitative estimate of drug-likeness (QED) is 0.786. The van der Waals surface area contributed by atoms with E-state index in [9.17, 15) is 0 Å². The van der Waals surface area contributed by atoms with Gasteiger partial charge in [-0.05, 0) is 63.7 Å². The van der Waals surface area contributed by atoms with E-state index >= 15 is 0 Å². The molecule has 2 aliphatic rings. The molecule has 0 aliphatic carbocycles. The fourth-order valence-corrected chi connectivity index (χ4v) is 3.03. The van der Waals surface area contributed by atoms with E-state index < -0.39 is 0 Å². The molecular formula is C15H30N2O. The Morgan fingerprint density at radius 1 is 1.22 bits per heavy atom. The van der Waals surface area contributed by atoms with Gasteiger partial charge in [-0.3, -0.25) is 0 Å². The van der Waals surface area contributed by atoms with Crippen molar-refractivity contribution >= 4 is 0 Å². The highest BCUT2D eigenvalue weighted by Gasteiger charge is 2.23. The lowest BCUT2D eigenvalue weighted by Crippen LogP contribution is -2.41. The second-order valence-corrected chi connectivity index (χ2v) is 6.43. The molecule has 0 spiro atoms. The van der Waals surface area contributed by atoms with Crippen LogP contribution in [0.5, 0.6) is 0 Å². The zero-order valence-corrected chi connectivity index (χ0v) is 12.2. The highest BCUT2D eigenvalue weighted by Crippen LogP contribution is 2.19. The van der Waals surface area contributed by atoms with Crippen LogP contribution < -0.4 is 5.32 Å². The van der Waals surface area contributed by atoms with E-state index in [4.69, 9.17) is 4.74 Å². The molecule has 0 bridgehead atoms. The van der Waals surface area contributed by atoms with Crippen molar-refractivity contribution < 1.29 is 4.74 Å². The molecule has 2 saturated heterocycles. The minimum Gasteiger partial charge on any atom is -0.377 e. The van der Waals surface area contributed by atoms with Crippen LogP contribution in [0.15, 0.2) is 0 Å². The summed E-state index contributed by atoms with van der Waals surface area (Å²) < 4.78 is 5.72. The first kappa shape index (κ1) is 14.3. The first-order chi connectivity index (χ1) is 8.74. The maximum atomic E-state index is 5.72. The van der Waals surface area contributed by atoms with Crippen molar-refractivity contribution in [3.63, 3.8) is 0 Å². The standard InChI is InChI=1S/C15H30N2O/c1-13(2)10-16-11-14-5-7-17(8-6-14)12-15-4-3-9-18-15/h13-16H,3-12H2,1-2H3. The minimum absolute atomic E-state index is 0.528. The van der Waals surface area contributed by atoms with Crippen molar-refractivity contribution in [2.24, 2.45) is 11.8 Å². The molecule has 0 aromatic heterocycles. The van der Waals surface area contributed by atoms with Gasteiger partial charge in [-0.1, -0.05) is 13.8 Å². The van der Waals surface area contributed by atoms with Crippen molar-refractivity contribution in [1.29, 1.82) is 0 Å². The molecule has 0 radical (unpaired) electrons. The third-order valence-corrected chi connectivity index (χ3v) is 4.18. The SMILES string of the molecule is CC(C)CNCC1CCN(CC2CCCO2)CC1. The normalized spacial score (nSPS) is 27.2. The molecule has 0 saturated carbocycles. The summed E-state index contributed by atoms with van der Waals surface area (Å²) in [6.07, 6.45) is 5.78. The summed E-state index contributed by atoms with van der Waals surface area (Å²) in [5.41, 5.74) is 0. The third kappa shape index (κ3) is 4.87. The Hall–Kier alpha value is -0.120. The van der Waals surface area contributed by atoms with Gasteiger partial charge in [0.25, 0.3) is 0 Å². The number of rotatable bonds is 6. The molecule has 2 aliphatic heterocycles. The zero-order chi connectivity index (χ0) is 12.8. The summed E-state index contributed by atoms with van der Waals surface area (Å²) in [5.74, 6) is 1.66. The summed E-state index contributed by atoms with van der Waals surface area (Å²) in [5, 5.41) is 3.60. The van der Waals surface area contributed by atoms with Gasteiger partial charge in [0, 0.05) is 13.2 Å². The highest BCUT2D eigenvalue weighted by atomic mass is 16.5. The summed E-state index contributed by atoms with van der Waals surface area (Å²) in [6, 6.07) is 0. The van der Waals surface area contributed by atoms with Crippen LogP contribution in [0.4, 0.5) is 0 Å². The molecule has 1 N–H and O–H groups in total. The van der Waals surface area contributed by atoms with Gasteiger partial charge in [0.1, 0.15) is 0 Å². The van der Waals surface area contributed by atoms with Crippen molar-refractivity contribution in [3.8, 4) is 0 Å². The molecule has 1 unspecified atom stereocenters. The minimum atomic E-state index is 0.528. The van der Waals surface area contributed by atoms with E-state index in [1.807, 2.05) is 0 Å². The lowest BCUT2D eigenvalue weighted by atomic mass is 9.96. The van der Waals surface area contributed by atoms with E-state index in [0.717, 1.165) is 25.0 Å². The Balaban J connectivity index is 1.56. The molecule has 3 heteroatoms. The van der Waals surface area contributed by atoms with E-state index in [1.165, 1.54) is 51.9 Å². The summed E-state index contributed by atoms with van der Waals surface area (Å²) in [4.78, 5) is 2.61. The van der Waals surface area contributed by atoms with Gasteiger partial charge in [0.15, 0.2) is 0 Å². The lowest BCUT2D eigenvalue weighted by Gasteiger charge is -2.33. The zero-order valence-electron chi connectivity index (χ0n) is 12.2.